The van der Waals surface area contributed by atoms with Crippen LogP contribution in [0.4, 0.5) is 11.5 Å². The molecule has 0 saturated heterocycles. The number of hydrogen-bond acceptors (Lipinski definition) is 5. The summed E-state index contributed by atoms with van der Waals surface area (Å²) in [6.45, 7) is 6.24. The molecule has 0 radical (unpaired) electrons. The van der Waals surface area contributed by atoms with E-state index in [2.05, 4.69) is 21.6 Å². The molecule has 1 aromatic carbocycles. The topological polar surface area (TPSA) is 70.8 Å². The highest BCUT2D eigenvalue weighted by molar-refractivity contribution is 5.65. The van der Waals surface area contributed by atoms with Crippen molar-refractivity contribution in [1.82, 2.24) is 10.2 Å². The first-order valence-electron chi connectivity index (χ1n) is 6.39. The number of aromatic nitrogens is 2. The van der Waals surface area contributed by atoms with Crippen molar-refractivity contribution >= 4 is 11.5 Å². The summed E-state index contributed by atoms with van der Waals surface area (Å²) in [5.41, 5.74) is 2.92. The number of aryl methyl sites for hydroxylation is 1. The van der Waals surface area contributed by atoms with Gasteiger partial charge < -0.3 is 10.1 Å². The summed E-state index contributed by atoms with van der Waals surface area (Å²) in [6, 6.07) is 9.68. The van der Waals surface area contributed by atoms with Gasteiger partial charge in [-0.2, -0.15) is 10.4 Å². The molecule has 5 nitrogen and oxygen atoms in total. The molecule has 2 aromatic rings. The van der Waals surface area contributed by atoms with Crippen LogP contribution in [0.3, 0.4) is 0 Å². The molecule has 1 aromatic heterocycles. The van der Waals surface area contributed by atoms with E-state index in [0.717, 1.165) is 22.7 Å². The summed E-state index contributed by atoms with van der Waals surface area (Å²) < 4.78 is 5.44. The van der Waals surface area contributed by atoms with E-state index in [4.69, 9.17) is 4.74 Å². The van der Waals surface area contributed by atoms with E-state index < -0.39 is 0 Å². The smallest absolute Gasteiger partial charge is 0.171 e. The molecule has 0 amide bonds. The summed E-state index contributed by atoms with van der Waals surface area (Å²) in [4.78, 5) is 0. The third-order valence-electron chi connectivity index (χ3n) is 2.97. The molecule has 0 saturated carbocycles. The van der Waals surface area contributed by atoms with Crippen LogP contribution in [0.25, 0.3) is 0 Å². The Morgan fingerprint density at radius 2 is 2.10 bits per heavy atom. The highest BCUT2D eigenvalue weighted by Crippen LogP contribution is 2.24. The van der Waals surface area contributed by atoms with E-state index in [1.54, 1.807) is 0 Å². The van der Waals surface area contributed by atoms with Crippen LogP contribution in [-0.4, -0.2) is 16.8 Å². The molecule has 2 rings (SSSR count). The van der Waals surface area contributed by atoms with E-state index in [1.807, 2.05) is 45.0 Å². The number of nitrogens with one attached hydrogen (secondary N) is 1. The number of anilines is 2. The zero-order chi connectivity index (χ0) is 14.5. The maximum atomic E-state index is 9.26. The Hall–Kier alpha value is -2.61. The van der Waals surface area contributed by atoms with Crippen molar-refractivity contribution in [3.63, 3.8) is 0 Å². The minimum atomic E-state index is 0.462. The molecule has 0 aliphatic rings. The Kier molecular flexibility index (Phi) is 4.16. The van der Waals surface area contributed by atoms with Crippen molar-refractivity contribution in [2.24, 2.45) is 0 Å². The van der Waals surface area contributed by atoms with Crippen LogP contribution < -0.4 is 10.1 Å². The summed E-state index contributed by atoms with van der Waals surface area (Å²) in [5.74, 6) is 1.23. The standard InChI is InChI=1S/C15H16N4O/c1-4-20-13-7-5-6-12(8-13)17-15-14(9-16)10(2)11(3)18-19-15/h5-8H,4H2,1-3H3,(H,17,19). The molecule has 1 heterocycles. The predicted molar refractivity (Wildman–Crippen MR) is 77.1 cm³/mol. The Balaban J connectivity index is 2.33. The van der Waals surface area contributed by atoms with E-state index in [-0.39, 0.29) is 0 Å². The highest BCUT2D eigenvalue weighted by atomic mass is 16.5. The molecular formula is C15H16N4O. The first-order chi connectivity index (χ1) is 9.65. The van der Waals surface area contributed by atoms with E-state index in [1.165, 1.54) is 0 Å². The predicted octanol–water partition coefficient (Wildman–Crippen LogP) is 3.11. The Bertz CT molecular complexity index is 661. The maximum Gasteiger partial charge on any atom is 0.171 e. The van der Waals surface area contributed by atoms with Crippen LogP contribution in [0, 0.1) is 25.2 Å². The second-order valence-corrected chi connectivity index (χ2v) is 4.33. The number of rotatable bonds is 4. The van der Waals surface area contributed by atoms with Gasteiger partial charge >= 0.3 is 0 Å². The normalized spacial score (nSPS) is 9.90. The third-order valence-corrected chi connectivity index (χ3v) is 2.97. The van der Waals surface area contributed by atoms with Crippen LogP contribution in [0.5, 0.6) is 5.75 Å². The molecule has 0 aliphatic heterocycles. The molecule has 0 aliphatic carbocycles. The van der Waals surface area contributed by atoms with Crippen molar-refractivity contribution in [2.75, 3.05) is 11.9 Å². The number of hydrogen-bond donors (Lipinski definition) is 1. The molecule has 20 heavy (non-hydrogen) atoms. The molecule has 1 N–H and O–H groups in total. The number of ether oxygens (including phenoxy) is 1. The summed E-state index contributed by atoms with van der Waals surface area (Å²) in [5, 5.41) is 20.5. The van der Waals surface area contributed by atoms with Gasteiger partial charge in [0.25, 0.3) is 0 Å². The lowest BCUT2D eigenvalue weighted by Gasteiger charge is -2.10. The van der Waals surface area contributed by atoms with Gasteiger partial charge in [0, 0.05) is 11.8 Å². The lowest BCUT2D eigenvalue weighted by Crippen LogP contribution is -2.03. The lowest BCUT2D eigenvalue weighted by molar-refractivity contribution is 0.340. The van der Waals surface area contributed by atoms with Gasteiger partial charge in [0.15, 0.2) is 5.82 Å². The molecule has 0 unspecified atom stereocenters. The third kappa shape index (κ3) is 2.86. The highest BCUT2D eigenvalue weighted by Gasteiger charge is 2.11. The summed E-state index contributed by atoms with van der Waals surface area (Å²) >= 11 is 0. The monoisotopic (exact) mass is 268 g/mol. The quantitative estimate of drug-likeness (QED) is 0.922. The Morgan fingerprint density at radius 3 is 2.80 bits per heavy atom. The summed E-state index contributed by atoms with van der Waals surface area (Å²) in [6.07, 6.45) is 0. The average Bonchev–Trinajstić information content (AvgIpc) is 2.44. The van der Waals surface area contributed by atoms with Crippen molar-refractivity contribution < 1.29 is 4.74 Å². The maximum absolute atomic E-state index is 9.26. The average molecular weight is 268 g/mol. The van der Waals surface area contributed by atoms with Crippen LogP contribution >= 0.6 is 0 Å². The van der Waals surface area contributed by atoms with Crippen molar-refractivity contribution in [1.29, 1.82) is 5.26 Å². The molecule has 102 valence electrons. The second kappa shape index (κ2) is 6.02. The lowest BCUT2D eigenvalue weighted by atomic mass is 10.1. The van der Waals surface area contributed by atoms with Crippen molar-refractivity contribution in [3.05, 3.63) is 41.1 Å². The zero-order valence-electron chi connectivity index (χ0n) is 11.8. The Labute approximate surface area is 118 Å². The number of nitrogens with zero attached hydrogens (tertiary/aromatic N) is 3. The first kappa shape index (κ1) is 13.8. The van der Waals surface area contributed by atoms with Crippen LogP contribution in [0.15, 0.2) is 24.3 Å². The fourth-order valence-corrected chi connectivity index (χ4v) is 1.80. The van der Waals surface area contributed by atoms with E-state index >= 15 is 0 Å². The fourth-order valence-electron chi connectivity index (χ4n) is 1.80. The number of benzene rings is 1. The van der Waals surface area contributed by atoms with Gasteiger partial charge in [-0.1, -0.05) is 6.07 Å². The molecule has 0 spiro atoms. The Morgan fingerprint density at radius 1 is 1.30 bits per heavy atom. The van der Waals surface area contributed by atoms with Crippen molar-refractivity contribution in [2.45, 2.75) is 20.8 Å². The van der Waals surface area contributed by atoms with Gasteiger partial charge in [-0.25, -0.2) is 0 Å². The summed E-state index contributed by atoms with van der Waals surface area (Å²) in [7, 11) is 0. The minimum absolute atomic E-state index is 0.462. The zero-order valence-corrected chi connectivity index (χ0v) is 11.8. The van der Waals surface area contributed by atoms with Crippen LogP contribution in [0.1, 0.15) is 23.7 Å². The second-order valence-electron chi connectivity index (χ2n) is 4.33. The first-order valence-corrected chi connectivity index (χ1v) is 6.39. The largest absolute Gasteiger partial charge is 0.494 e. The van der Waals surface area contributed by atoms with Gasteiger partial charge in [0.2, 0.25) is 0 Å². The van der Waals surface area contributed by atoms with Gasteiger partial charge in [-0.05, 0) is 38.5 Å². The molecule has 0 bridgehead atoms. The van der Waals surface area contributed by atoms with Gasteiger partial charge in [-0.3, -0.25) is 0 Å². The number of nitriles is 1. The van der Waals surface area contributed by atoms with Gasteiger partial charge in [-0.15, -0.1) is 5.10 Å². The molecule has 0 fully saturated rings. The van der Waals surface area contributed by atoms with Crippen LogP contribution in [0.2, 0.25) is 0 Å². The molecule has 5 heteroatoms. The van der Waals surface area contributed by atoms with E-state index in [9.17, 15) is 5.26 Å². The van der Waals surface area contributed by atoms with Gasteiger partial charge in [0.05, 0.1) is 12.3 Å². The van der Waals surface area contributed by atoms with Crippen molar-refractivity contribution in [3.8, 4) is 11.8 Å². The SMILES string of the molecule is CCOc1cccc(Nc2nnc(C)c(C)c2C#N)c1. The van der Waals surface area contributed by atoms with Crippen LogP contribution in [-0.2, 0) is 0 Å². The fraction of sp³-hybridized carbons (Fsp3) is 0.267. The molecule has 0 atom stereocenters. The molecular weight excluding hydrogens is 252 g/mol. The van der Waals surface area contributed by atoms with Gasteiger partial charge in [0.1, 0.15) is 17.4 Å². The van der Waals surface area contributed by atoms with E-state index in [0.29, 0.717) is 18.0 Å². The minimum Gasteiger partial charge on any atom is -0.494 e.